The van der Waals surface area contributed by atoms with Crippen molar-refractivity contribution in [2.24, 2.45) is 5.73 Å². The maximum Gasteiger partial charge on any atom is 0.490 e. The number of aliphatic hydroxyl groups excluding tert-OH is 2. The summed E-state index contributed by atoms with van der Waals surface area (Å²) in [6.45, 7) is 0. The second kappa shape index (κ2) is 6.21. The van der Waals surface area contributed by atoms with E-state index < -0.39 is 45.6 Å². The number of halogens is 7. The van der Waals surface area contributed by atoms with Crippen LogP contribution in [0.1, 0.15) is 0 Å². The Bertz CT molecular complexity index is 432. The van der Waals surface area contributed by atoms with Gasteiger partial charge in [0.15, 0.2) is 6.10 Å². The molecule has 0 rings (SSSR count). The summed E-state index contributed by atoms with van der Waals surface area (Å²) in [6, 6.07) is -6.30. The summed E-state index contributed by atoms with van der Waals surface area (Å²) < 4.78 is 89.5. The highest BCUT2D eigenvalue weighted by molar-refractivity contribution is 8.10. The molecule has 0 radical (unpaired) electrons. The van der Waals surface area contributed by atoms with Crippen molar-refractivity contribution in [3.8, 4) is 0 Å². The molecular formula is C7H9F7N2O4S2. The SMILES string of the molecule is NC(O)C(O)C(O)(F)C(O)(F)C(F)(F)N(C(=S)S)C(F)(F)F. The zero-order valence-electron chi connectivity index (χ0n) is 9.97. The van der Waals surface area contributed by atoms with E-state index in [1.807, 2.05) is 0 Å². The van der Waals surface area contributed by atoms with Crippen LogP contribution in [0.3, 0.4) is 0 Å². The predicted octanol–water partition coefficient (Wildman–Crippen LogP) is -0.430. The van der Waals surface area contributed by atoms with Crippen LogP contribution in [-0.2, 0) is 0 Å². The largest absolute Gasteiger partial charge is 0.490 e. The van der Waals surface area contributed by atoms with Gasteiger partial charge in [-0.3, -0.25) is 0 Å². The molecular weight excluding hydrogens is 373 g/mol. The second-order valence-electron chi connectivity index (χ2n) is 3.86. The smallest absolute Gasteiger partial charge is 0.383 e. The molecule has 0 heterocycles. The lowest BCUT2D eigenvalue weighted by Gasteiger charge is -2.43. The van der Waals surface area contributed by atoms with Gasteiger partial charge in [-0.1, -0.05) is 12.2 Å². The zero-order valence-corrected chi connectivity index (χ0v) is 11.7. The molecule has 0 saturated heterocycles. The minimum atomic E-state index is -6.30. The molecule has 0 fully saturated rings. The summed E-state index contributed by atoms with van der Waals surface area (Å²) >= 11 is 6.43. The summed E-state index contributed by atoms with van der Waals surface area (Å²) in [6.07, 6.45) is -12.7. The van der Waals surface area contributed by atoms with Crippen LogP contribution in [0.4, 0.5) is 30.7 Å². The number of hydrogen-bond donors (Lipinski definition) is 6. The highest BCUT2D eigenvalue weighted by Gasteiger charge is 2.77. The van der Waals surface area contributed by atoms with Gasteiger partial charge in [0.1, 0.15) is 10.5 Å². The van der Waals surface area contributed by atoms with Crippen molar-refractivity contribution >= 4 is 29.2 Å². The summed E-state index contributed by atoms with van der Waals surface area (Å²) in [5, 5.41) is 34.9. The Labute approximate surface area is 128 Å². The number of thiocarbonyl (C=S) groups is 1. The maximum atomic E-state index is 13.6. The molecule has 0 aromatic heterocycles. The van der Waals surface area contributed by atoms with Crippen molar-refractivity contribution in [2.45, 2.75) is 36.4 Å². The number of nitrogens with two attached hydrogens (primary N) is 1. The lowest BCUT2D eigenvalue weighted by molar-refractivity contribution is -0.440. The molecule has 0 aliphatic heterocycles. The Kier molecular flexibility index (Phi) is 6.09. The van der Waals surface area contributed by atoms with Crippen LogP contribution < -0.4 is 5.73 Å². The lowest BCUT2D eigenvalue weighted by Crippen LogP contribution is -2.73. The van der Waals surface area contributed by atoms with E-state index in [4.69, 9.17) is 20.4 Å². The summed E-state index contributed by atoms with van der Waals surface area (Å²) in [5.74, 6) is -11.6. The fourth-order valence-electron chi connectivity index (χ4n) is 1.17. The van der Waals surface area contributed by atoms with Crippen LogP contribution in [0.15, 0.2) is 0 Å². The molecule has 0 amide bonds. The van der Waals surface area contributed by atoms with Gasteiger partial charge in [-0.05, 0) is 0 Å². The van der Waals surface area contributed by atoms with E-state index in [0.29, 0.717) is 0 Å². The highest BCUT2D eigenvalue weighted by Crippen LogP contribution is 2.47. The molecule has 4 unspecified atom stereocenters. The molecule has 6 nitrogen and oxygen atoms in total. The van der Waals surface area contributed by atoms with E-state index in [2.05, 4.69) is 30.6 Å². The quantitative estimate of drug-likeness (QED) is 0.126. The molecule has 15 heteroatoms. The van der Waals surface area contributed by atoms with Gasteiger partial charge in [-0.25, -0.2) is 9.29 Å². The molecule has 0 spiro atoms. The molecule has 0 bridgehead atoms. The standard InChI is InChI=1S/C7H9F7N2O4S2/c8-4(19,1(17)2(15)18)5(9,20)6(10,11)16(3(21)22)7(12,13)14/h1-2,17-20H,15H2,(H,21,22). The van der Waals surface area contributed by atoms with E-state index in [1.165, 1.54) is 0 Å². The Hall–Kier alpha value is -0.450. The number of thiol groups is 1. The lowest BCUT2D eigenvalue weighted by atomic mass is 9.99. The topological polar surface area (TPSA) is 110 Å². The highest BCUT2D eigenvalue weighted by atomic mass is 32.1. The van der Waals surface area contributed by atoms with E-state index >= 15 is 0 Å². The molecule has 0 saturated carbocycles. The first kappa shape index (κ1) is 21.6. The van der Waals surface area contributed by atoms with Crippen molar-refractivity contribution in [2.75, 3.05) is 0 Å². The van der Waals surface area contributed by atoms with Gasteiger partial charge in [0.05, 0.1) is 0 Å². The van der Waals surface area contributed by atoms with Gasteiger partial charge in [0.2, 0.25) is 0 Å². The van der Waals surface area contributed by atoms with Crippen molar-refractivity contribution < 1.29 is 51.2 Å². The molecule has 0 aromatic carbocycles. The number of rotatable bonds is 5. The first-order valence-corrected chi connectivity index (χ1v) is 5.70. The molecule has 0 aliphatic carbocycles. The van der Waals surface area contributed by atoms with Gasteiger partial charge in [-0.15, -0.1) is 25.8 Å². The Morgan fingerprint density at radius 2 is 1.41 bits per heavy atom. The van der Waals surface area contributed by atoms with Gasteiger partial charge in [-0.2, -0.15) is 13.2 Å². The summed E-state index contributed by atoms with van der Waals surface area (Å²) in [5.41, 5.74) is 4.39. The Balaban J connectivity index is 6.09. The fraction of sp³-hybridized carbons (Fsp3) is 0.857. The first-order chi connectivity index (χ1) is 9.42. The number of alkyl halides is 7. The number of nitrogens with zero attached hydrogens (tertiary/aromatic N) is 1. The van der Waals surface area contributed by atoms with Crippen molar-refractivity contribution in [1.82, 2.24) is 4.90 Å². The van der Waals surface area contributed by atoms with Gasteiger partial charge < -0.3 is 26.2 Å². The van der Waals surface area contributed by atoms with Crippen LogP contribution in [0.5, 0.6) is 0 Å². The zero-order chi connectivity index (χ0) is 18.3. The summed E-state index contributed by atoms with van der Waals surface area (Å²) in [4.78, 5) is -2.28. The molecule has 4 atom stereocenters. The van der Waals surface area contributed by atoms with Gasteiger partial charge >= 0.3 is 24.1 Å². The molecule has 6 N–H and O–H groups in total. The van der Waals surface area contributed by atoms with E-state index in [9.17, 15) is 30.7 Å². The third-order valence-electron chi connectivity index (χ3n) is 2.30. The van der Waals surface area contributed by atoms with E-state index in [-0.39, 0.29) is 0 Å². The van der Waals surface area contributed by atoms with Gasteiger partial charge in [0.25, 0.3) is 0 Å². The van der Waals surface area contributed by atoms with Crippen molar-refractivity contribution in [1.29, 1.82) is 0 Å². The van der Waals surface area contributed by atoms with Crippen molar-refractivity contribution in [3.05, 3.63) is 0 Å². The fourth-order valence-corrected chi connectivity index (χ4v) is 1.63. The molecule has 0 aromatic rings. The van der Waals surface area contributed by atoms with E-state index in [0.717, 1.165) is 0 Å². The van der Waals surface area contributed by atoms with Crippen molar-refractivity contribution in [3.63, 3.8) is 0 Å². The number of hydrogen-bond acceptors (Lipinski definition) is 6. The minimum Gasteiger partial charge on any atom is -0.383 e. The van der Waals surface area contributed by atoms with Crippen LogP contribution in [0.2, 0.25) is 0 Å². The van der Waals surface area contributed by atoms with Gasteiger partial charge in [0, 0.05) is 0 Å². The average molecular weight is 382 g/mol. The van der Waals surface area contributed by atoms with Crippen LogP contribution in [0.25, 0.3) is 0 Å². The first-order valence-electron chi connectivity index (χ1n) is 4.84. The van der Waals surface area contributed by atoms with Crippen LogP contribution >= 0.6 is 24.8 Å². The maximum absolute atomic E-state index is 13.6. The average Bonchev–Trinajstić information content (AvgIpc) is 2.23. The van der Waals surface area contributed by atoms with Crippen LogP contribution in [0, 0.1) is 0 Å². The predicted molar refractivity (Wildman–Crippen MR) is 62.7 cm³/mol. The molecule has 0 aliphatic rings. The monoisotopic (exact) mass is 382 g/mol. The Morgan fingerprint density at radius 1 is 1.05 bits per heavy atom. The van der Waals surface area contributed by atoms with Crippen LogP contribution in [-0.4, -0.2) is 66.0 Å². The third-order valence-corrected chi connectivity index (χ3v) is 2.69. The molecule has 22 heavy (non-hydrogen) atoms. The normalized spacial score (nSPS) is 21.5. The number of aliphatic hydroxyl groups is 4. The Morgan fingerprint density at radius 3 is 1.64 bits per heavy atom. The second-order valence-corrected chi connectivity index (χ2v) is 4.97. The molecule has 132 valence electrons. The summed E-state index contributed by atoms with van der Waals surface area (Å²) in [7, 11) is 0. The van der Waals surface area contributed by atoms with E-state index in [1.54, 1.807) is 0 Å². The third kappa shape index (κ3) is 3.55. The minimum absolute atomic E-state index is 2.05.